The summed E-state index contributed by atoms with van der Waals surface area (Å²) in [6.07, 6.45) is 4.22. The van der Waals surface area contributed by atoms with Crippen molar-refractivity contribution >= 4 is 27.5 Å². The topological polar surface area (TPSA) is 93.5 Å². The van der Waals surface area contributed by atoms with Crippen molar-refractivity contribution in [2.75, 3.05) is 13.1 Å². The summed E-state index contributed by atoms with van der Waals surface area (Å²) in [6.45, 7) is 6.14. The number of thiophene rings is 1. The quantitative estimate of drug-likeness (QED) is 0.672. The van der Waals surface area contributed by atoms with Gasteiger partial charge in [-0.15, -0.1) is 11.3 Å². The normalized spacial score (nSPS) is 17.9. The summed E-state index contributed by atoms with van der Waals surface area (Å²) in [5.74, 6) is 0.547. The van der Waals surface area contributed by atoms with Gasteiger partial charge in [0.2, 0.25) is 5.91 Å². The predicted molar refractivity (Wildman–Crippen MR) is 116 cm³/mol. The summed E-state index contributed by atoms with van der Waals surface area (Å²) < 4.78 is 14.4. The molecule has 1 fully saturated rings. The molecule has 1 amide bonds. The molecule has 3 aromatic rings. The van der Waals surface area contributed by atoms with E-state index in [2.05, 4.69) is 0 Å². The van der Waals surface area contributed by atoms with Gasteiger partial charge >= 0.3 is 5.69 Å². The molecule has 3 aromatic heterocycles. The number of ether oxygens (including phenoxy) is 1. The van der Waals surface area contributed by atoms with E-state index >= 15 is 0 Å². The lowest BCUT2D eigenvalue weighted by atomic mass is 9.94. The second-order valence-electron chi connectivity index (χ2n) is 8.88. The Balaban J connectivity index is 1.70. The molecule has 0 atom stereocenters. The van der Waals surface area contributed by atoms with Gasteiger partial charge in [0.05, 0.1) is 30.4 Å². The number of likely N-dealkylation sites (tertiary alicyclic amines) is 1. The average Bonchev–Trinajstić information content (AvgIpc) is 3.48. The number of furan rings is 1. The number of fused-ring (bicyclic) bond motifs is 3. The number of hydrogen-bond acceptors (Lipinski definition) is 6. The molecule has 1 N–H and O–H groups in total. The van der Waals surface area contributed by atoms with Crippen LogP contribution in [0.4, 0.5) is 0 Å². The molecule has 164 valence electrons. The van der Waals surface area contributed by atoms with E-state index in [9.17, 15) is 9.59 Å². The lowest BCUT2D eigenvalue weighted by molar-refractivity contribution is -0.130. The van der Waals surface area contributed by atoms with Crippen molar-refractivity contribution in [3.63, 3.8) is 0 Å². The molecule has 0 spiro atoms. The van der Waals surface area contributed by atoms with Gasteiger partial charge in [-0.25, -0.2) is 4.79 Å². The van der Waals surface area contributed by atoms with Crippen LogP contribution in [0.2, 0.25) is 0 Å². The SMILES string of the molecule is CC1(C)Cc2c(sc3c2c(=N)n(Cc2ccco2)c(=O)n3CC(=O)N2CCCC2)CO1. The van der Waals surface area contributed by atoms with Crippen molar-refractivity contribution in [2.45, 2.75) is 58.4 Å². The molecular weight excluding hydrogens is 416 g/mol. The molecule has 8 nitrogen and oxygen atoms in total. The van der Waals surface area contributed by atoms with Gasteiger partial charge in [-0.05, 0) is 44.4 Å². The van der Waals surface area contributed by atoms with Gasteiger partial charge in [-0.2, -0.15) is 0 Å². The molecule has 31 heavy (non-hydrogen) atoms. The van der Waals surface area contributed by atoms with Crippen molar-refractivity contribution < 1.29 is 13.9 Å². The average molecular weight is 443 g/mol. The number of nitrogens with one attached hydrogen (secondary N) is 1. The van der Waals surface area contributed by atoms with Crippen LogP contribution >= 0.6 is 11.3 Å². The lowest BCUT2D eigenvalue weighted by Gasteiger charge is -2.30. The molecule has 1 saturated heterocycles. The smallest absolute Gasteiger partial charge is 0.331 e. The minimum atomic E-state index is -0.361. The maximum absolute atomic E-state index is 13.5. The number of carbonyl (C=O) groups excluding carboxylic acids is 1. The van der Waals surface area contributed by atoms with Crippen LogP contribution in [0.15, 0.2) is 27.6 Å². The molecular formula is C22H26N4O4S. The Morgan fingerprint density at radius 3 is 2.74 bits per heavy atom. The highest BCUT2D eigenvalue weighted by atomic mass is 32.1. The first-order valence-corrected chi connectivity index (χ1v) is 11.4. The number of aromatic nitrogens is 2. The van der Waals surface area contributed by atoms with Gasteiger partial charge in [0.1, 0.15) is 22.6 Å². The fourth-order valence-corrected chi connectivity index (χ4v) is 5.71. The first-order chi connectivity index (χ1) is 14.8. The zero-order valence-electron chi connectivity index (χ0n) is 17.8. The van der Waals surface area contributed by atoms with E-state index in [1.807, 2.05) is 18.7 Å². The lowest BCUT2D eigenvalue weighted by Crippen LogP contribution is -2.43. The van der Waals surface area contributed by atoms with E-state index in [1.165, 1.54) is 15.9 Å². The minimum absolute atomic E-state index is 0.0165. The molecule has 0 radical (unpaired) electrons. The van der Waals surface area contributed by atoms with Crippen LogP contribution in [0.5, 0.6) is 0 Å². The molecule has 5 rings (SSSR count). The van der Waals surface area contributed by atoms with Crippen LogP contribution in [0, 0.1) is 5.41 Å². The van der Waals surface area contributed by atoms with Crippen LogP contribution in [-0.4, -0.2) is 38.6 Å². The standard InChI is InChI=1S/C22H26N4O4S/c1-22(2)10-15-16(13-30-22)31-20-18(15)19(23)25(11-14-6-5-9-29-14)21(28)26(20)12-17(27)24-7-3-4-8-24/h5-6,9,23H,3-4,7-8,10-13H2,1-2H3. The highest BCUT2D eigenvalue weighted by molar-refractivity contribution is 7.18. The molecule has 0 unspecified atom stereocenters. The van der Waals surface area contributed by atoms with Crippen molar-refractivity contribution in [3.8, 4) is 0 Å². The van der Waals surface area contributed by atoms with E-state index in [0.717, 1.165) is 41.8 Å². The Morgan fingerprint density at radius 2 is 2.03 bits per heavy atom. The minimum Gasteiger partial charge on any atom is -0.467 e. The predicted octanol–water partition coefficient (Wildman–Crippen LogP) is 2.46. The van der Waals surface area contributed by atoms with Gasteiger partial charge in [-0.1, -0.05) is 0 Å². The Labute approximate surface area is 183 Å². The Hall–Kier alpha value is -2.65. The van der Waals surface area contributed by atoms with Gasteiger partial charge in [0, 0.05) is 24.4 Å². The number of nitrogens with zero attached hydrogens (tertiary/aromatic N) is 3. The summed E-state index contributed by atoms with van der Waals surface area (Å²) >= 11 is 1.47. The molecule has 9 heteroatoms. The van der Waals surface area contributed by atoms with Crippen molar-refractivity contribution in [3.05, 3.63) is 50.6 Å². The summed E-state index contributed by atoms with van der Waals surface area (Å²) in [7, 11) is 0. The number of rotatable bonds is 4. The van der Waals surface area contributed by atoms with E-state index < -0.39 is 0 Å². The maximum Gasteiger partial charge on any atom is 0.331 e. The van der Waals surface area contributed by atoms with Crippen LogP contribution < -0.4 is 11.2 Å². The molecule has 0 bridgehead atoms. The highest BCUT2D eigenvalue weighted by Gasteiger charge is 2.32. The van der Waals surface area contributed by atoms with Crippen molar-refractivity contribution in [1.82, 2.24) is 14.0 Å². The second-order valence-corrected chi connectivity index (χ2v) is 9.96. The molecule has 2 aliphatic rings. The van der Waals surface area contributed by atoms with Gasteiger partial charge in [0.15, 0.2) is 0 Å². The van der Waals surface area contributed by atoms with Gasteiger partial charge in [0.25, 0.3) is 0 Å². The third kappa shape index (κ3) is 3.55. The molecule has 5 heterocycles. The van der Waals surface area contributed by atoms with Crippen molar-refractivity contribution in [2.24, 2.45) is 0 Å². The fraction of sp³-hybridized carbons (Fsp3) is 0.500. The number of carbonyl (C=O) groups is 1. The van der Waals surface area contributed by atoms with Gasteiger partial charge in [-0.3, -0.25) is 19.3 Å². The first kappa shape index (κ1) is 20.3. The summed E-state index contributed by atoms with van der Waals surface area (Å²) in [6, 6.07) is 3.55. The van der Waals surface area contributed by atoms with Crippen LogP contribution in [0.25, 0.3) is 10.2 Å². The first-order valence-electron chi connectivity index (χ1n) is 10.6. The highest BCUT2D eigenvalue weighted by Crippen LogP contribution is 2.37. The molecule has 2 aliphatic heterocycles. The third-order valence-electron chi connectivity index (χ3n) is 6.13. The summed E-state index contributed by atoms with van der Waals surface area (Å²) in [5.41, 5.74) is 0.513. The monoisotopic (exact) mass is 442 g/mol. The zero-order valence-corrected chi connectivity index (χ0v) is 18.6. The molecule has 0 aromatic carbocycles. The summed E-state index contributed by atoms with van der Waals surface area (Å²) in [5, 5.41) is 9.64. The van der Waals surface area contributed by atoms with E-state index in [-0.39, 0.29) is 35.8 Å². The Bertz CT molecular complexity index is 1260. The third-order valence-corrected chi connectivity index (χ3v) is 7.36. The zero-order chi connectivity index (χ0) is 21.8. The Kier molecular flexibility index (Phi) is 4.90. The molecule has 0 aliphatic carbocycles. The fourth-order valence-electron chi connectivity index (χ4n) is 4.48. The van der Waals surface area contributed by atoms with E-state index in [1.54, 1.807) is 23.0 Å². The summed E-state index contributed by atoms with van der Waals surface area (Å²) in [4.78, 5) is 30.0. The Morgan fingerprint density at radius 1 is 1.26 bits per heavy atom. The largest absolute Gasteiger partial charge is 0.467 e. The van der Waals surface area contributed by atoms with Crippen LogP contribution in [0.1, 0.15) is 42.9 Å². The van der Waals surface area contributed by atoms with Crippen LogP contribution in [0.3, 0.4) is 0 Å². The van der Waals surface area contributed by atoms with E-state index in [4.69, 9.17) is 14.6 Å². The number of hydrogen-bond donors (Lipinski definition) is 1. The van der Waals surface area contributed by atoms with Gasteiger partial charge < -0.3 is 14.1 Å². The molecule has 0 saturated carbocycles. The van der Waals surface area contributed by atoms with Crippen LogP contribution in [-0.2, 0) is 35.6 Å². The van der Waals surface area contributed by atoms with E-state index in [0.29, 0.717) is 23.6 Å². The van der Waals surface area contributed by atoms with Crippen molar-refractivity contribution in [1.29, 1.82) is 5.41 Å². The second kappa shape index (κ2) is 7.49. The number of amides is 1. The maximum atomic E-state index is 13.5.